The zero-order valence-corrected chi connectivity index (χ0v) is 12.7. The zero-order valence-electron chi connectivity index (χ0n) is 10.3. The van der Waals surface area contributed by atoms with Gasteiger partial charge in [0.15, 0.2) is 0 Å². The number of halogens is 1. The van der Waals surface area contributed by atoms with Crippen molar-refractivity contribution in [2.45, 2.75) is 39.2 Å². The van der Waals surface area contributed by atoms with E-state index in [-0.39, 0.29) is 5.91 Å². The van der Waals surface area contributed by atoms with Crippen LogP contribution in [0.15, 0.2) is 6.07 Å². The number of hydrogen-bond donors (Lipinski definition) is 0. The van der Waals surface area contributed by atoms with E-state index in [0.29, 0.717) is 6.04 Å². The molecule has 0 aromatic carbocycles. The maximum Gasteiger partial charge on any atom is 0.264 e. The number of piperidine rings is 1. The molecule has 2 nitrogen and oxygen atoms in total. The molecular weight excluding hydrogens is 298 g/mol. The molecule has 1 aromatic heterocycles. The highest BCUT2D eigenvalue weighted by atomic mass is 79.9. The van der Waals surface area contributed by atoms with E-state index >= 15 is 0 Å². The lowest BCUT2D eigenvalue weighted by Gasteiger charge is -2.34. The molecule has 0 N–H and O–H groups in total. The number of carbonyl (C=O) groups is 1. The van der Waals surface area contributed by atoms with Crippen molar-refractivity contribution in [3.05, 3.63) is 21.4 Å². The van der Waals surface area contributed by atoms with Gasteiger partial charge in [0, 0.05) is 22.8 Å². The van der Waals surface area contributed by atoms with Gasteiger partial charge in [0.05, 0.1) is 4.88 Å². The first-order chi connectivity index (χ1) is 8.13. The highest BCUT2D eigenvalue weighted by Crippen LogP contribution is 2.26. The summed E-state index contributed by atoms with van der Waals surface area (Å²) in [7, 11) is 0. The quantitative estimate of drug-likeness (QED) is 0.761. The summed E-state index contributed by atoms with van der Waals surface area (Å²) in [6, 6.07) is 2.40. The second kappa shape index (κ2) is 5.53. The van der Waals surface area contributed by atoms with Crippen LogP contribution in [0.25, 0.3) is 0 Å². The molecule has 1 aromatic rings. The Balaban J connectivity index is 2.18. The standard InChI is InChI=1S/C13H18BrNOS/c1-9-7-12(17-10(9)2)13(16)15-6-4-3-5-11(15)8-14/h7,11H,3-6,8H2,1-2H3. The molecule has 0 radical (unpaired) electrons. The third-order valence-corrected chi connectivity index (χ3v) is 5.33. The van der Waals surface area contributed by atoms with Gasteiger partial charge in [-0.05, 0) is 44.7 Å². The van der Waals surface area contributed by atoms with Crippen LogP contribution in [-0.4, -0.2) is 28.7 Å². The molecule has 1 unspecified atom stereocenters. The topological polar surface area (TPSA) is 20.3 Å². The van der Waals surface area contributed by atoms with Crippen molar-refractivity contribution in [2.24, 2.45) is 0 Å². The van der Waals surface area contributed by atoms with E-state index in [9.17, 15) is 4.79 Å². The normalized spacial score (nSPS) is 20.6. The van der Waals surface area contributed by atoms with Crippen molar-refractivity contribution in [3.63, 3.8) is 0 Å². The fourth-order valence-electron chi connectivity index (χ4n) is 2.25. The molecule has 17 heavy (non-hydrogen) atoms. The van der Waals surface area contributed by atoms with E-state index < -0.39 is 0 Å². The minimum absolute atomic E-state index is 0.218. The minimum Gasteiger partial charge on any atom is -0.334 e. The first-order valence-corrected chi connectivity index (χ1v) is 8.01. The number of hydrogen-bond acceptors (Lipinski definition) is 2. The molecule has 1 amide bonds. The Morgan fingerprint density at radius 3 is 2.88 bits per heavy atom. The molecule has 0 saturated carbocycles. The van der Waals surface area contributed by atoms with Crippen LogP contribution in [0.4, 0.5) is 0 Å². The average molecular weight is 316 g/mol. The molecule has 1 atom stereocenters. The van der Waals surface area contributed by atoms with Gasteiger partial charge in [0.25, 0.3) is 5.91 Å². The number of nitrogens with zero attached hydrogens (tertiary/aromatic N) is 1. The van der Waals surface area contributed by atoms with Crippen LogP contribution in [-0.2, 0) is 0 Å². The summed E-state index contributed by atoms with van der Waals surface area (Å²) in [6.07, 6.45) is 3.50. The molecule has 2 rings (SSSR count). The van der Waals surface area contributed by atoms with E-state index in [4.69, 9.17) is 0 Å². The van der Waals surface area contributed by atoms with Gasteiger partial charge in [-0.2, -0.15) is 0 Å². The zero-order chi connectivity index (χ0) is 12.4. The Morgan fingerprint density at radius 1 is 1.53 bits per heavy atom. The number of amides is 1. The monoisotopic (exact) mass is 315 g/mol. The second-order valence-corrected chi connectivity index (χ2v) is 6.56. The van der Waals surface area contributed by atoms with Crippen molar-refractivity contribution in [2.75, 3.05) is 11.9 Å². The van der Waals surface area contributed by atoms with Gasteiger partial charge in [-0.1, -0.05) is 15.9 Å². The predicted molar refractivity (Wildman–Crippen MR) is 76.3 cm³/mol. The van der Waals surface area contributed by atoms with Gasteiger partial charge in [0.2, 0.25) is 0 Å². The van der Waals surface area contributed by atoms with Crippen molar-refractivity contribution in [1.29, 1.82) is 0 Å². The summed E-state index contributed by atoms with van der Waals surface area (Å²) in [5, 5.41) is 0.891. The van der Waals surface area contributed by atoms with Gasteiger partial charge in [-0.3, -0.25) is 4.79 Å². The molecule has 1 aliphatic heterocycles. The third kappa shape index (κ3) is 2.74. The first-order valence-electron chi connectivity index (χ1n) is 6.07. The number of carbonyl (C=O) groups excluding carboxylic acids is 1. The Morgan fingerprint density at radius 2 is 2.29 bits per heavy atom. The largest absolute Gasteiger partial charge is 0.334 e. The van der Waals surface area contributed by atoms with Crippen molar-refractivity contribution >= 4 is 33.2 Å². The fourth-order valence-corrected chi connectivity index (χ4v) is 3.91. The molecule has 2 heterocycles. The Bertz CT molecular complexity index is 396. The Hall–Kier alpha value is -0.350. The fraction of sp³-hybridized carbons (Fsp3) is 0.615. The van der Waals surface area contributed by atoms with Crippen molar-refractivity contribution < 1.29 is 4.79 Å². The van der Waals surface area contributed by atoms with Crippen LogP contribution in [0, 0.1) is 13.8 Å². The maximum atomic E-state index is 12.5. The van der Waals surface area contributed by atoms with Gasteiger partial charge in [-0.15, -0.1) is 11.3 Å². The number of thiophene rings is 1. The molecule has 0 bridgehead atoms. The molecule has 94 valence electrons. The van der Waals surface area contributed by atoms with E-state index in [1.807, 2.05) is 11.0 Å². The summed E-state index contributed by atoms with van der Waals surface area (Å²) >= 11 is 5.14. The van der Waals surface area contributed by atoms with Crippen LogP contribution < -0.4 is 0 Å². The molecule has 4 heteroatoms. The van der Waals surface area contributed by atoms with Crippen LogP contribution in [0.3, 0.4) is 0 Å². The van der Waals surface area contributed by atoms with Crippen molar-refractivity contribution in [3.8, 4) is 0 Å². The summed E-state index contributed by atoms with van der Waals surface area (Å²) in [6.45, 7) is 5.06. The van der Waals surface area contributed by atoms with E-state index in [1.165, 1.54) is 16.9 Å². The molecule has 1 saturated heterocycles. The molecule has 1 aliphatic rings. The lowest BCUT2D eigenvalue weighted by Crippen LogP contribution is -2.44. The number of likely N-dealkylation sites (tertiary alicyclic amines) is 1. The summed E-state index contributed by atoms with van der Waals surface area (Å²) in [5.41, 5.74) is 1.23. The van der Waals surface area contributed by atoms with E-state index in [2.05, 4.69) is 29.8 Å². The molecule has 1 fully saturated rings. The van der Waals surface area contributed by atoms with Gasteiger partial charge in [-0.25, -0.2) is 0 Å². The molecule has 0 spiro atoms. The van der Waals surface area contributed by atoms with Crippen LogP contribution >= 0.6 is 27.3 Å². The Kier molecular flexibility index (Phi) is 4.26. The summed E-state index contributed by atoms with van der Waals surface area (Å²) in [4.78, 5) is 16.6. The smallest absolute Gasteiger partial charge is 0.264 e. The van der Waals surface area contributed by atoms with Crippen LogP contribution in [0.1, 0.15) is 39.4 Å². The van der Waals surface area contributed by atoms with Crippen LogP contribution in [0.5, 0.6) is 0 Å². The van der Waals surface area contributed by atoms with E-state index in [1.54, 1.807) is 11.3 Å². The lowest BCUT2D eigenvalue weighted by atomic mass is 10.0. The predicted octanol–water partition coefficient (Wildman–Crippen LogP) is 3.75. The van der Waals surface area contributed by atoms with Crippen molar-refractivity contribution in [1.82, 2.24) is 4.90 Å². The molecule has 0 aliphatic carbocycles. The van der Waals surface area contributed by atoms with Crippen LogP contribution in [0.2, 0.25) is 0 Å². The SMILES string of the molecule is Cc1cc(C(=O)N2CCCCC2CBr)sc1C. The third-order valence-electron chi connectivity index (χ3n) is 3.44. The number of aryl methyl sites for hydroxylation is 2. The summed E-state index contributed by atoms with van der Waals surface area (Å²) in [5.74, 6) is 0.218. The highest BCUT2D eigenvalue weighted by molar-refractivity contribution is 9.09. The first kappa shape index (κ1) is 13.1. The number of alkyl halides is 1. The lowest BCUT2D eigenvalue weighted by molar-refractivity contribution is 0.0647. The minimum atomic E-state index is 0.218. The summed E-state index contributed by atoms with van der Waals surface area (Å²) < 4.78 is 0. The van der Waals surface area contributed by atoms with Gasteiger partial charge >= 0.3 is 0 Å². The van der Waals surface area contributed by atoms with Gasteiger partial charge < -0.3 is 4.90 Å². The molecular formula is C13H18BrNOS. The van der Waals surface area contributed by atoms with Gasteiger partial charge in [0.1, 0.15) is 0 Å². The van der Waals surface area contributed by atoms with E-state index in [0.717, 1.165) is 29.6 Å². The second-order valence-electron chi connectivity index (χ2n) is 4.65. The highest BCUT2D eigenvalue weighted by Gasteiger charge is 2.27. The average Bonchev–Trinajstić information content (AvgIpc) is 2.68. The maximum absolute atomic E-state index is 12.5. The Labute approximate surface area is 115 Å². The number of rotatable bonds is 2.